The number of hydrogen-bond donors (Lipinski definition) is 2. The van der Waals surface area contributed by atoms with Crippen LogP contribution in [0.2, 0.25) is 0 Å². The van der Waals surface area contributed by atoms with Gasteiger partial charge in [0.1, 0.15) is 0 Å². The fourth-order valence-electron chi connectivity index (χ4n) is 1.86. The quantitative estimate of drug-likeness (QED) is 0.745. The summed E-state index contributed by atoms with van der Waals surface area (Å²) in [7, 11) is 0. The van der Waals surface area contributed by atoms with Crippen molar-refractivity contribution in [2.24, 2.45) is 11.8 Å². The Morgan fingerprint density at radius 1 is 1.06 bits per heavy atom. The van der Waals surface area contributed by atoms with Crippen LogP contribution >= 0.6 is 0 Å². The molecule has 2 atom stereocenters. The van der Waals surface area contributed by atoms with Crippen LogP contribution in [0.3, 0.4) is 0 Å². The van der Waals surface area contributed by atoms with Crippen LogP contribution in [0.1, 0.15) is 6.42 Å². The first-order valence-corrected chi connectivity index (χ1v) is 4.96. The van der Waals surface area contributed by atoms with Gasteiger partial charge in [-0.1, -0.05) is 0 Å². The van der Waals surface area contributed by atoms with Gasteiger partial charge in [0.05, 0.1) is 11.8 Å². The minimum absolute atomic E-state index is 0.311. The highest BCUT2D eigenvalue weighted by atomic mass is 19.4. The minimum Gasteiger partial charge on any atom is -0.481 e. The summed E-state index contributed by atoms with van der Waals surface area (Å²) in [6.45, 7) is -1.16. The molecule has 0 aromatic rings. The van der Waals surface area contributed by atoms with E-state index in [0.29, 0.717) is 4.90 Å². The van der Waals surface area contributed by atoms with Crippen molar-refractivity contribution in [1.82, 2.24) is 4.90 Å². The number of nitrogens with zero attached hydrogens (tertiary/aromatic N) is 1. The molecule has 9 heteroatoms. The number of alkyl halides is 3. The van der Waals surface area contributed by atoms with Gasteiger partial charge in [-0.2, -0.15) is 13.2 Å². The number of carboxylic acid groups (broad SMARTS) is 2. The number of halogens is 3. The van der Waals surface area contributed by atoms with Crippen LogP contribution in [0.25, 0.3) is 0 Å². The summed E-state index contributed by atoms with van der Waals surface area (Å²) in [5.74, 6) is -7.86. The summed E-state index contributed by atoms with van der Waals surface area (Å²) in [6.07, 6.45) is -5.40. The van der Waals surface area contributed by atoms with Crippen molar-refractivity contribution < 1.29 is 37.8 Å². The summed E-state index contributed by atoms with van der Waals surface area (Å²) >= 11 is 0. The van der Waals surface area contributed by atoms with Gasteiger partial charge in [0.25, 0.3) is 0 Å². The van der Waals surface area contributed by atoms with Crippen LogP contribution in [0.15, 0.2) is 0 Å². The Bertz CT molecular complexity index is 381. The zero-order chi connectivity index (χ0) is 14.1. The van der Waals surface area contributed by atoms with Gasteiger partial charge in [-0.05, 0) is 6.42 Å². The van der Waals surface area contributed by atoms with E-state index in [9.17, 15) is 27.6 Å². The molecule has 0 aliphatic carbocycles. The number of likely N-dealkylation sites (tertiary alicyclic amines) is 1. The number of hydrogen-bond acceptors (Lipinski definition) is 3. The van der Waals surface area contributed by atoms with Crippen molar-refractivity contribution in [1.29, 1.82) is 0 Å². The highest BCUT2D eigenvalue weighted by molar-refractivity contribution is 5.85. The molecule has 0 spiro atoms. The second-order valence-corrected chi connectivity index (χ2v) is 3.93. The molecule has 0 aromatic heterocycles. The summed E-state index contributed by atoms with van der Waals surface area (Å²) in [5, 5.41) is 17.5. The molecule has 0 aromatic carbocycles. The lowest BCUT2D eigenvalue weighted by molar-refractivity contribution is -0.189. The lowest BCUT2D eigenvalue weighted by Gasteiger charge is -2.34. The van der Waals surface area contributed by atoms with Crippen molar-refractivity contribution in [3.05, 3.63) is 0 Å². The summed E-state index contributed by atoms with van der Waals surface area (Å²) in [4.78, 5) is 32.8. The van der Waals surface area contributed by atoms with Gasteiger partial charge in [0.15, 0.2) is 0 Å². The average molecular weight is 269 g/mol. The summed E-state index contributed by atoms with van der Waals surface area (Å²) < 4.78 is 36.5. The van der Waals surface area contributed by atoms with E-state index >= 15 is 0 Å². The number of carbonyl (C=O) groups excluding carboxylic acids is 1. The Balaban J connectivity index is 2.84. The summed E-state index contributed by atoms with van der Waals surface area (Å²) in [6, 6.07) is 0. The monoisotopic (exact) mass is 269 g/mol. The Morgan fingerprint density at radius 2 is 1.56 bits per heavy atom. The van der Waals surface area contributed by atoms with Crippen molar-refractivity contribution in [3.63, 3.8) is 0 Å². The Hall–Kier alpha value is -1.80. The molecular formula is C9H10F3NO5. The Labute approximate surface area is 99.0 Å². The maximum atomic E-state index is 12.2. The normalized spacial score (nSPS) is 24.7. The SMILES string of the molecule is O=C(O)C1CCN(C(=O)C(F)(F)F)CC1C(=O)O. The van der Waals surface area contributed by atoms with Crippen molar-refractivity contribution in [3.8, 4) is 0 Å². The van der Waals surface area contributed by atoms with Gasteiger partial charge in [0.2, 0.25) is 0 Å². The third kappa shape index (κ3) is 2.90. The third-order valence-electron chi connectivity index (χ3n) is 2.78. The van der Waals surface area contributed by atoms with E-state index in [4.69, 9.17) is 10.2 Å². The minimum atomic E-state index is -5.08. The molecule has 0 radical (unpaired) electrons. The molecule has 1 fully saturated rings. The van der Waals surface area contributed by atoms with Gasteiger partial charge in [0, 0.05) is 13.1 Å². The number of aliphatic carboxylic acids is 2. The van der Waals surface area contributed by atoms with Gasteiger partial charge < -0.3 is 15.1 Å². The van der Waals surface area contributed by atoms with Crippen LogP contribution < -0.4 is 0 Å². The molecule has 1 heterocycles. The van der Waals surface area contributed by atoms with Gasteiger partial charge in [-0.25, -0.2) is 0 Å². The maximum absolute atomic E-state index is 12.2. The molecule has 1 amide bonds. The zero-order valence-electron chi connectivity index (χ0n) is 8.98. The topological polar surface area (TPSA) is 94.9 Å². The number of carboxylic acids is 2. The second-order valence-electron chi connectivity index (χ2n) is 3.93. The van der Waals surface area contributed by atoms with Gasteiger partial charge in [-0.3, -0.25) is 14.4 Å². The van der Waals surface area contributed by atoms with Crippen LogP contribution in [-0.2, 0) is 14.4 Å². The fraction of sp³-hybridized carbons (Fsp3) is 0.667. The highest BCUT2D eigenvalue weighted by Crippen LogP contribution is 2.28. The van der Waals surface area contributed by atoms with Gasteiger partial charge >= 0.3 is 24.0 Å². The molecule has 102 valence electrons. The van der Waals surface area contributed by atoms with E-state index in [1.807, 2.05) is 0 Å². The summed E-state index contributed by atoms with van der Waals surface area (Å²) in [5.41, 5.74) is 0. The number of piperidine rings is 1. The molecule has 2 N–H and O–H groups in total. The first kappa shape index (κ1) is 14.3. The Morgan fingerprint density at radius 3 is 1.94 bits per heavy atom. The first-order chi connectivity index (χ1) is 8.14. The highest BCUT2D eigenvalue weighted by Gasteiger charge is 2.47. The predicted octanol–water partition coefficient (Wildman–Crippen LogP) is 0.183. The van der Waals surface area contributed by atoms with Crippen LogP contribution in [0.5, 0.6) is 0 Å². The number of carbonyl (C=O) groups is 3. The molecule has 0 saturated carbocycles. The lowest BCUT2D eigenvalue weighted by Crippen LogP contribution is -2.52. The van der Waals surface area contributed by atoms with Crippen LogP contribution in [0, 0.1) is 11.8 Å². The van der Waals surface area contributed by atoms with E-state index in [1.54, 1.807) is 0 Å². The largest absolute Gasteiger partial charge is 0.481 e. The zero-order valence-corrected chi connectivity index (χ0v) is 8.98. The predicted molar refractivity (Wildman–Crippen MR) is 49.5 cm³/mol. The third-order valence-corrected chi connectivity index (χ3v) is 2.78. The van der Waals surface area contributed by atoms with E-state index in [-0.39, 0.29) is 6.42 Å². The molecule has 1 aliphatic heterocycles. The van der Waals surface area contributed by atoms with Crippen molar-refractivity contribution in [2.45, 2.75) is 12.6 Å². The molecule has 18 heavy (non-hydrogen) atoms. The standard InChI is InChI=1S/C9H10F3NO5/c10-9(11,12)8(18)13-2-1-4(6(14)15)5(3-13)7(16)17/h4-5H,1-3H2,(H,14,15)(H,16,17). The maximum Gasteiger partial charge on any atom is 0.471 e. The van der Waals surface area contributed by atoms with Crippen molar-refractivity contribution in [2.75, 3.05) is 13.1 Å². The first-order valence-electron chi connectivity index (χ1n) is 4.96. The van der Waals surface area contributed by atoms with Crippen LogP contribution in [0.4, 0.5) is 13.2 Å². The van der Waals surface area contributed by atoms with E-state index in [2.05, 4.69) is 0 Å². The number of amides is 1. The second kappa shape index (κ2) is 4.83. The fourth-order valence-corrected chi connectivity index (χ4v) is 1.86. The van der Waals surface area contributed by atoms with Gasteiger partial charge in [-0.15, -0.1) is 0 Å². The van der Waals surface area contributed by atoms with E-state index in [0.717, 1.165) is 0 Å². The lowest BCUT2D eigenvalue weighted by atomic mass is 9.85. The average Bonchev–Trinajstić information content (AvgIpc) is 2.25. The smallest absolute Gasteiger partial charge is 0.471 e. The molecule has 1 aliphatic rings. The molecule has 1 rings (SSSR count). The molecule has 2 unspecified atom stereocenters. The molecule has 1 saturated heterocycles. The molecule has 0 bridgehead atoms. The van der Waals surface area contributed by atoms with E-state index in [1.165, 1.54) is 0 Å². The van der Waals surface area contributed by atoms with Crippen molar-refractivity contribution >= 4 is 17.8 Å². The Kier molecular flexibility index (Phi) is 3.82. The van der Waals surface area contributed by atoms with Crippen LogP contribution in [-0.4, -0.2) is 52.2 Å². The molecular weight excluding hydrogens is 259 g/mol. The number of rotatable bonds is 2. The molecule has 6 nitrogen and oxygen atoms in total. The van der Waals surface area contributed by atoms with E-state index < -0.39 is 48.9 Å².